The summed E-state index contributed by atoms with van der Waals surface area (Å²) in [6.07, 6.45) is 4.44. The zero-order valence-corrected chi connectivity index (χ0v) is 15.4. The second-order valence-corrected chi connectivity index (χ2v) is 9.24. The molecule has 1 aliphatic heterocycles. The summed E-state index contributed by atoms with van der Waals surface area (Å²) in [6.45, 7) is 7.93. The van der Waals surface area contributed by atoms with E-state index in [9.17, 15) is 9.59 Å². The third-order valence-electron chi connectivity index (χ3n) is 6.40. The van der Waals surface area contributed by atoms with Crippen molar-refractivity contribution in [3.05, 3.63) is 45.2 Å². The van der Waals surface area contributed by atoms with Crippen molar-refractivity contribution in [1.29, 1.82) is 0 Å². The molecule has 1 aromatic carbocycles. The summed E-state index contributed by atoms with van der Waals surface area (Å²) in [4.78, 5) is 30.7. The van der Waals surface area contributed by atoms with Crippen LogP contribution in [0.4, 0.5) is 0 Å². The topological polar surface area (TPSA) is 53.8 Å². The second kappa shape index (κ2) is 4.64. The Balaban J connectivity index is 1.31. The van der Waals surface area contributed by atoms with Gasteiger partial charge in [0.1, 0.15) is 0 Å². The summed E-state index contributed by atoms with van der Waals surface area (Å²) in [6, 6.07) is 5.82. The van der Waals surface area contributed by atoms with Crippen molar-refractivity contribution in [2.75, 3.05) is 13.1 Å². The van der Waals surface area contributed by atoms with E-state index in [0.29, 0.717) is 6.54 Å². The predicted molar refractivity (Wildman–Crippen MR) is 95.0 cm³/mol. The van der Waals surface area contributed by atoms with Crippen LogP contribution in [-0.2, 0) is 10.2 Å². The average Bonchev–Trinajstić information content (AvgIpc) is 3.27. The third kappa shape index (κ3) is 2.11. The van der Waals surface area contributed by atoms with Crippen molar-refractivity contribution in [1.82, 2.24) is 10.2 Å². The smallest absolute Gasteiger partial charge is 0.254 e. The maximum absolute atomic E-state index is 12.8. The van der Waals surface area contributed by atoms with Gasteiger partial charge in [0.15, 0.2) is 0 Å². The third-order valence-corrected chi connectivity index (χ3v) is 6.89. The number of rotatable bonds is 3. The van der Waals surface area contributed by atoms with E-state index in [-0.39, 0.29) is 34.9 Å². The molecule has 0 aromatic heterocycles. The van der Waals surface area contributed by atoms with E-state index < -0.39 is 0 Å². The monoisotopic (exact) mass is 399 g/mol. The van der Waals surface area contributed by atoms with Gasteiger partial charge in [0.25, 0.3) is 5.91 Å². The molecule has 0 unspecified atom stereocenters. The van der Waals surface area contributed by atoms with Crippen LogP contribution in [0.3, 0.4) is 0 Å². The van der Waals surface area contributed by atoms with Crippen LogP contribution < -0.4 is 5.32 Å². The maximum Gasteiger partial charge on any atom is 0.254 e. The lowest BCUT2D eigenvalue weighted by Gasteiger charge is -2.61. The fourth-order valence-corrected chi connectivity index (χ4v) is 5.40. The molecule has 6 rings (SSSR count). The molecule has 5 aliphatic rings. The first kappa shape index (κ1) is 15.4. The van der Waals surface area contributed by atoms with Crippen LogP contribution in [-0.4, -0.2) is 40.9 Å². The largest absolute Gasteiger partial charge is 0.348 e. The minimum absolute atomic E-state index is 0.0395. The van der Waals surface area contributed by atoms with Crippen molar-refractivity contribution in [3.8, 4) is 0 Å². The highest BCUT2D eigenvalue weighted by atomic mass is 79.9. The van der Waals surface area contributed by atoms with Gasteiger partial charge < -0.3 is 15.1 Å². The number of carbonyl (C=O) groups excluding carboxylic acids is 2. The number of nitrogens with zero attached hydrogens (tertiary/aromatic N) is 2. The maximum atomic E-state index is 12.8. The minimum atomic E-state index is -0.196. The Morgan fingerprint density at radius 2 is 2.04 bits per heavy atom. The zero-order valence-electron chi connectivity index (χ0n) is 13.8. The summed E-state index contributed by atoms with van der Waals surface area (Å²) in [5.74, 6) is -0.145. The molecule has 1 spiro atoms. The SMILES string of the molecule is [C-]#[N+]C12CC(NC(=O)CN3CC4(CC4)c4cc(Br)ccc4C3=O)(C1)C2. The van der Waals surface area contributed by atoms with E-state index in [0.717, 1.165) is 47.7 Å². The van der Waals surface area contributed by atoms with Gasteiger partial charge in [0, 0.05) is 41.3 Å². The predicted octanol–water partition coefficient (Wildman–Crippen LogP) is 2.65. The Labute approximate surface area is 154 Å². The van der Waals surface area contributed by atoms with Crippen LogP contribution in [0.2, 0.25) is 0 Å². The van der Waals surface area contributed by atoms with Gasteiger partial charge in [-0.15, -0.1) is 0 Å². The zero-order chi connectivity index (χ0) is 17.4. The highest BCUT2D eigenvalue weighted by molar-refractivity contribution is 9.10. The normalized spacial score (nSPS) is 33.0. The summed E-state index contributed by atoms with van der Waals surface area (Å²) in [5, 5.41) is 3.08. The first-order valence-corrected chi connectivity index (χ1v) is 9.47. The van der Waals surface area contributed by atoms with Crippen LogP contribution >= 0.6 is 15.9 Å². The molecular formula is C19H18BrN3O2. The van der Waals surface area contributed by atoms with Gasteiger partial charge in [0.05, 0.1) is 12.1 Å². The Morgan fingerprint density at radius 3 is 2.68 bits per heavy atom. The van der Waals surface area contributed by atoms with E-state index in [2.05, 4.69) is 32.2 Å². The van der Waals surface area contributed by atoms with Crippen molar-refractivity contribution in [2.45, 2.75) is 48.6 Å². The van der Waals surface area contributed by atoms with Gasteiger partial charge in [-0.3, -0.25) is 9.59 Å². The molecule has 6 heteroatoms. The lowest BCUT2D eigenvalue weighted by molar-refractivity contribution is -0.133. The van der Waals surface area contributed by atoms with Crippen LogP contribution in [0.1, 0.15) is 48.0 Å². The molecular weight excluding hydrogens is 382 g/mol. The van der Waals surface area contributed by atoms with Gasteiger partial charge in [-0.05, 0) is 36.6 Å². The molecule has 1 aromatic rings. The first-order valence-electron chi connectivity index (χ1n) is 8.67. The van der Waals surface area contributed by atoms with E-state index in [1.165, 1.54) is 0 Å². The number of hydrogen-bond donors (Lipinski definition) is 1. The van der Waals surface area contributed by atoms with Crippen molar-refractivity contribution in [3.63, 3.8) is 0 Å². The summed E-state index contributed by atoms with van der Waals surface area (Å²) < 4.78 is 0.994. The Bertz CT molecular complexity index is 848. The minimum Gasteiger partial charge on any atom is -0.348 e. The molecule has 2 bridgehead atoms. The quantitative estimate of drug-likeness (QED) is 0.794. The number of carbonyl (C=O) groups is 2. The molecule has 4 aliphatic carbocycles. The molecule has 25 heavy (non-hydrogen) atoms. The fourth-order valence-electron chi connectivity index (χ4n) is 5.03. The molecule has 4 fully saturated rings. The number of hydrogen-bond acceptors (Lipinski definition) is 2. The van der Waals surface area contributed by atoms with Gasteiger partial charge >= 0.3 is 0 Å². The molecule has 0 saturated heterocycles. The van der Waals surface area contributed by atoms with E-state index in [1.807, 2.05) is 12.1 Å². The van der Waals surface area contributed by atoms with Crippen molar-refractivity contribution < 1.29 is 9.59 Å². The molecule has 4 saturated carbocycles. The van der Waals surface area contributed by atoms with Crippen LogP contribution in [0, 0.1) is 6.57 Å². The second-order valence-electron chi connectivity index (χ2n) is 8.33. The standard InChI is InChI=1S/C19H18BrN3O2/c1-21-18-8-19(9-18,10-18)22-15(24)7-23-11-17(4-5-17)14-6-12(20)2-3-13(14)16(23)25/h2-3,6H,4-5,7-11H2,(H,22,24). The molecule has 1 heterocycles. The van der Waals surface area contributed by atoms with Crippen LogP contribution in [0.5, 0.6) is 0 Å². The molecule has 0 radical (unpaired) electrons. The average molecular weight is 400 g/mol. The Morgan fingerprint density at radius 1 is 1.32 bits per heavy atom. The van der Waals surface area contributed by atoms with E-state index in [4.69, 9.17) is 6.57 Å². The lowest BCUT2D eigenvalue weighted by atomic mass is 9.44. The number of amides is 2. The highest BCUT2D eigenvalue weighted by Crippen LogP contribution is 2.63. The fraction of sp³-hybridized carbons (Fsp3) is 0.526. The number of fused-ring (bicyclic) bond motifs is 2. The summed E-state index contributed by atoms with van der Waals surface area (Å²) in [5.41, 5.74) is 1.54. The van der Waals surface area contributed by atoms with E-state index >= 15 is 0 Å². The molecule has 5 nitrogen and oxygen atoms in total. The van der Waals surface area contributed by atoms with Gasteiger partial charge in [0.2, 0.25) is 11.4 Å². The number of halogens is 1. The Hall–Kier alpha value is -1.87. The van der Waals surface area contributed by atoms with Crippen molar-refractivity contribution in [2.24, 2.45) is 0 Å². The van der Waals surface area contributed by atoms with E-state index in [1.54, 1.807) is 4.90 Å². The summed E-state index contributed by atoms with van der Waals surface area (Å²) >= 11 is 3.50. The lowest BCUT2D eigenvalue weighted by Crippen LogP contribution is -2.77. The van der Waals surface area contributed by atoms with Gasteiger partial charge in [-0.2, -0.15) is 0 Å². The van der Waals surface area contributed by atoms with Crippen LogP contribution in [0.15, 0.2) is 22.7 Å². The van der Waals surface area contributed by atoms with Crippen molar-refractivity contribution >= 4 is 27.7 Å². The molecule has 2 amide bonds. The molecule has 0 atom stereocenters. The summed E-state index contributed by atoms with van der Waals surface area (Å²) in [7, 11) is 0. The Kier molecular flexibility index (Phi) is 2.86. The van der Waals surface area contributed by atoms with Gasteiger partial charge in [-0.1, -0.05) is 15.9 Å². The number of benzene rings is 1. The molecule has 128 valence electrons. The van der Waals surface area contributed by atoms with Gasteiger partial charge in [-0.25, -0.2) is 6.57 Å². The number of nitrogens with one attached hydrogen (secondary N) is 1. The highest BCUT2D eigenvalue weighted by Gasteiger charge is 2.75. The molecule has 1 N–H and O–H groups in total. The first-order chi connectivity index (χ1) is 11.9. The van der Waals surface area contributed by atoms with Crippen LogP contribution in [0.25, 0.3) is 4.85 Å².